The molecule has 0 saturated carbocycles. The van der Waals surface area contributed by atoms with Gasteiger partial charge in [-0.2, -0.15) is 0 Å². The Hall–Kier alpha value is -1.42. The fourth-order valence-electron chi connectivity index (χ4n) is 1.20. The number of rotatable bonds is 5. The van der Waals surface area contributed by atoms with E-state index in [0.29, 0.717) is 12.1 Å². The first-order valence-electron chi connectivity index (χ1n) is 4.92. The summed E-state index contributed by atoms with van der Waals surface area (Å²) < 4.78 is 12.8. The third-order valence-corrected chi connectivity index (χ3v) is 1.98. The number of hydrogen-bond acceptors (Lipinski definition) is 2. The van der Waals surface area contributed by atoms with Gasteiger partial charge in [0.1, 0.15) is 5.82 Å². The summed E-state index contributed by atoms with van der Waals surface area (Å²) in [5, 5.41) is 5.69. The highest BCUT2D eigenvalue weighted by atomic mass is 19.1. The van der Waals surface area contributed by atoms with Crippen molar-refractivity contribution in [2.24, 2.45) is 0 Å². The number of halogens is 1. The summed E-state index contributed by atoms with van der Waals surface area (Å²) in [5.41, 5.74) is 0.361. The van der Waals surface area contributed by atoms with E-state index in [1.165, 1.54) is 18.2 Å². The Morgan fingerprint density at radius 3 is 2.87 bits per heavy atom. The molecule has 2 N–H and O–H groups in total. The lowest BCUT2D eigenvalue weighted by Gasteiger charge is -2.04. The molecule has 0 spiro atoms. The topological polar surface area (TPSA) is 41.1 Å². The van der Waals surface area contributed by atoms with Crippen LogP contribution in [0.25, 0.3) is 0 Å². The van der Waals surface area contributed by atoms with E-state index in [-0.39, 0.29) is 5.91 Å². The van der Waals surface area contributed by atoms with E-state index in [1.807, 2.05) is 7.05 Å². The maximum absolute atomic E-state index is 12.8. The van der Waals surface area contributed by atoms with E-state index >= 15 is 0 Å². The summed E-state index contributed by atoms with van der Waals surface area (Å²) in [6, 6.07) is 5.67. The molecule has 0 unspecified atom stereocenters. The Morgan fingerprint density at radius 2 is 2.20 bits per heavy atom. The van der Waals surface area contributed by atoms with Gasteiger partial charge < -0.3 is 10.6 Å². The molecule has 4 heteroatoms. The van der Waals surface area contributed by atoms with Crippen LogP contribution in [0.1, 0.15) is 16.8 Å². The molecule has 0 aliphatic rings. The van der Waals surface area contributed by atoms with Gasteiger partial charge in [-0.1, -0.05) is 6.07 Å². The monoisotopic (exact) mass is 210 g/mol. The zero-order chi connectivity index (χ0) is 11.1. The van der Waals surface area contributed by atoms with Crippen LogP contribution in [-0.2, 0) is 0 Å². The summed E-state index contributed by atoms with van der Waals surface area (Å²) in [6.45, 7) is 1.44. The van der Waals surface area contributed by atoms with E-state index in [1.54, 1.807) is 6.07 Å². The first-order valence-corrected chi connectivity index (χ1v) is 4.92. The normalized spacial score (nSPS) is 10.0. The fourth-order valence-corrected chi connectivity index (χ4v) is 1.20. The van der Waals surface area contributed by atoms with Gasteiger partial charge in [-0.05, 0) is 38.2 Å². The Morgan fingerprint density at radius 1 is 1.40 bits per heavy atom. The van der Waals surface area contributed by atoms with Gasteiger partial charge in [-0.15, -0.1) is 0 Å². The molecule has 1 amide bonds. The highest BCUT2D eigenvalue weighted by Crippen LogP contribution is 2.02. The predicted octanol–water partition coefficient (Wildman–Crippen LogP) is 1.16. The first kappa shape index (κ1) is 11.7. The zero-order valence-electron chi connectivity index (χ0n) is 8.72. The van der Waals surface area contributed by atoms with Crippen LogP contribution in [0.4, 0.5) is 4.39 Å². The van der Waals surface area contributed by atoms with Crippen molar-refractivity contribution in [3.8, 4) is 0 Å². The molecule has 0 fully saturated rings. The zero-order valence-corrected chi connectivity index (χ0v) is 8.72. The molecule has 15 heavy (non-hydrogen) atoms. The maximum atomic E-state index is 12.8. The van der Waals surface area contributed by atoms with Gasteiger partial charge in [0.05, 0.1) is 0 Å². The molecule has 82 valence electrons. The Balaban J connectivity index is 2.40. The van der Waals surface area contributed by atoms with Crippen LogP contribution in [-0.4, -0.2) is 26.0 Å². The molecule has 1 aromatic carbocycles. The molecule has 0 atom stereocenters. The minimum absolute atomic E-state index is 0.231. The third kappa shape index (κ3) is 4.08. The van der Waals surface area contributed by atoms with Crippen LogP contribution < -0.4 is 10.6 Å². The van der Waals surface area contributed by atoms with Crippen LogP contribution in [0.3, 0.4) is 0 Å². The first-order chi connectivity index (χ1) is 7.24. The lowest BCUT2D eigenvalue weighted by atomic mass is 10.2. The second kappa shape index (κ2) is 6.14. The van der Waals surface area contributed by atoms with Gasteiger partial charge in [0.15, 0.2) is 0 Å². The average molecular weight is 210 g/mol. The van der Waals surface area contributed by atoms with E-state index in [9.17, 15) is 9.18 Å². The van der Waals surface area contributed by atoms with Gasteiger partial charge >= 0.3 is 0 Å². The Kier molecular flexibility index (Phi) is 4.77. The molecule has 0 saturated heterocycles. The van der Waals surface area contributed by atoms with Crippen LogP contribution in [0, 0.1) is 5.82 Å². The van der Waals surface area contributed by atoms with Crippen molar-refractivity contribution >= 4 is 5.91 Å². The number of benzene rings is 1. The average Bonchev–Trinajstić information content (AvgIpc) is 2.24. The maximum Gasteiger partial charge on any atom is 0.251 e. The second-order valence-corrected chi connectivity index (χ2v) is 3.22. The van der Waals surface area contributed by atoms with Crippen molar-refractivity contribution in [1.29, 1.82) is 0 Å². The number of carbonyl (C=O) groups is 1. The Bertz CT molecular complexity index is 328. The lowest BCUT2D eigenvalue weighted by molar-refractivity contribution is 0.0953. The molecule has 0 aromatic heterocycles. The summed E-state index contributed by atoms with van der Waals surface area (Å²) in [7, 11) is 1.86. The molecule has 0 aliphatic carbocycles. The lowest BCUT2D eigenvalue weighted by Crippen LogP contribution is -2.26. The predicted molar refractivity (Wildman–Crippen MR) is 57.3 cm³/mol. The largest absolute Gasteiger partial charge is 0.352 e. The van der Waals surface area contributed by atoms with Gasteiger partial charge in [0, 0.05) is 12.1 Å². The van der Waals surface area contributed by atoms with Crippen molar-refractivity contribution in [3.05, 3.63) is 35.6 Å². The van der Waals surface area contributed by atoms with Crippen molar-refractivity contribution in [3.63, 3.8) is 0 Å². The third-order valence-electron chi connectivity index (χ3n) is 1.98. The quantitative estimate of drug-likeness (QED) is 0.716. The molecule has 0 bridgehead atoms. The highest BCUT2D eigenvalue weighted by Gasteiger charge is 2.04. The van der Waals surface area contributed by atoms with E-state index in [0.717, 1.165) is 13.0 Å². The highest BCUT2D eigenvalue weighted by molar-refractivity contribution is 5.94. The summed E-state index contributed by atoms with van der Waals surface area (Å²) in [5.74, 6) is -0.622. The van der Waals surface area contributed by atoms with Crippen LogP contribution >= 0.6 is 0 Å². The van der Waals surface area contributed by atoms with Gasteiger partial charge in [-0.25, -0.2) is 4.39 Å². The molecule has 0 aliphatic heterocycles. The van der Waals surface area contributed by atoms with E-state index in [4.69, 9.17) is 0 Å². The molecular formula is C11H15FN2O. The van der Waals surface area contributed by atoms with E-state index in [2.05, 4.69) is 10.6 Å². The molecule has 3 nitrogen and oxygen atoms in total. The molecule has 0 radical (unpaired) electrons. The van der Waals surface area contributed by atoms with Crippen LogP contribution in [0.5, 0.6) is 0 Å². The minimum atomic E-state index is -0.391. The van der Waals surface area contributed by atoms with Crippen LogP contribution in [0.15, 0.2) is 24.3 Å². The van der Waals surface area contributed by atoms with Crippen molar-refractivity contribution in [2.75, 3.05) is 20.1 Å². The minimum Gasteiger partial charge on any atom is -0.352 e. The Labute approximate surface area is 88.7 Å². The number of amides is 1. The smallest absolute Gasteiger partial charge is 0.251 e. The number of hydrogen-bond donors (Lipinski definition) is 2. The standard InChI is InChI=1S/C11H15FN2O/c1-13-6-3-7-14-11(15)9-4-2-5-10(12)8-9/h2,4-5,8,13H,3,6-7H2,1H3,(H,14,15). The SMILES string of the molecule is CNCCCNC(=O)c1cccc(F)c1. The van der Waals surface area contributed by atoms with Crippen LogP contribution in [0.2, 0.25) is 0 Å². The van der Waals surface area contributed by atoms with Gasteiger partial charge in [0.2, 0.25) is 0 Å². The summed E-state index contributed by atoms with van der Waals surface area (Å²) >= 11 is 0. The summed E-state index contributed by atoms with van der Waals surface area (Å²) in [6.07, 6.45) is 0.859. The molecule has 0 heterocycles. The van der Waals surface area contributed by atoms with Crippen molar-refractivity contribution in [2.45, 2.75) is 6.42 Å². The fraction of sp³-hybridized carbons (Fsp3) is 0.364. The van der Waals surface area contributed by atoms with Crippen molar-refractivity contribution < 1.29 is 9.18 Å². The van der Waals surface area contributed by atoms with E-state index < -0.39 is 5.82 Å². The van der Waals surface area contributed by atoms with Gasteiger partial charge in [0.25, 0.3) is 5.91 Å². The number of nitrogens with one attached hydrogen (secondary N) is 2. The van der Waals surface area contributed by atoms with Gasteiger partial charge in [-0.3, -0.25) is 4.79 Å². The molecule has 1 rings (SSSR count). The second-order valence-electron chi connectivity index (χ2n) is 3.22. The molecule has 1 aromatic rings. The summed E-state index contributed by atoms with van der Waals surface area (Å²) in [4.78, 5) is 11.5. The molecular weight excluding hydrogens is 195 g/mol. The number of carbonyl (C=O) groups excluding carboxylic acids is 1. The van der Waals surface area contributed by atoms with Crippen molar-refractivity contribution in [1.82, 2.24) is 10.6 Å².